The van der Waals surface area contributed by atoms with Gasteiger partial charge in [-0.2, -0.15) is 0 Å². The number of methoxy groups -OCH3 is 2. The summed E-state index contributed by atoms with van der Waals surface area (Å²) in [4.78, 5) is 26.2. The molecule has 0 radical (unpaired) electrons. The topological polar surface area (TPSA) is 67.9 Å². The molecule has 3 rings (SSSR count). The van der Waals surface area contributed by atoms with Crippen LogP contribution in [0.3, 0.4) is 0 Å². The lowest BCUT2D eigenvalue weighted by Crippen LogP contribution is -2.31. The summed E-state index contributed by atoms with van der Waals surface area (Å²) < 4.78 is 10.3. The van der Waals surface area contributed by atoms with Crippen LogP contribution in [0.1, 0.15) is 18.4 Å². The standard InChI is InChI=1S/C22H26N2O4/c1-27-19-8-3-16(4-9-19)5-12-21(25)23-14-17-13-22(26)24(15-17)18-6-10-20(28-2)11-7-18/h3-4,6-11,17H,5,12-15H2,1-2H3,(H,23,25). The van der Waals surface area contributed by atoms with Gasteiger partial charge in [-0.25, -0.2) is 0 Å². The molecular formula is C22H26N2O4. The van der Waals surface area contributed by atoms with Gasteiger partial charge in [0.05, 0.1) is 14.2 Å². The van der Waals surface area contributed by atoms with Gasteiger partial charge in [-0.1, -0.05) is 12.1 Å². The molecule has 0 aromatic heterocycles. The van der Waals surface area contributed by atoms with Crippen LogP contribution in [-0.4, -0.2) is 39.1 Å². The highest BCUT2D eigenvalue weighted by atomic mass is 16.5. The highest BCUT2D eigenvalue weighted by molar-refractivity contribution is 5.95. The van der Waals surface area contributed by atoms with Gasteiger partial charge >= 0.3 is 0 Å². The lowest BCUT2D eigenvalue weighted by atomic mass is 10.1. The maximum atomic E-state index is 12.3. The molecule has 6 nitrogen and oxygen atoms in total. The number of hydrogen-bond acceptors (Lipinski definition) is 4. The van der Waals surface area contributed by atoms with Crippen LogP contribution in [0.4, 0.5) is 5.69 Å². The Kier molecular flexibility index (Phi) is 6.53. The van der Waals surface area contributed by atoms with Gasteiger partial charge in [0.15, 0.2) is 0 Å². The Morgan fingerprint density at radius 1 is 1.04 bits per heavy atom. The van der Waals surface area contributed by atoms with Gasteiger partial charge in [0.25, 0.3) is 0 Å². The summed E-state index contributed by atoms with van der Waals surface area (Å²) in [6.07, 6.45) is 1.55. The third kappa shape index (κ3) is 5.03. The quantitative estimate of drug-likeness (QED) is 0.762. The van der Waals surface area contributed by atoms with Gasteiger partial charge in [-0.15, -0.1) is 0 Å². The lowest BCUT2D eigenvalue weighted by Gasteiger charge is -2.17. The molecule has 0 bridgehead atoms. The van der Waals surface area contributed by atoms with Crippen LogP contribution in [0.5, 0.6) is 11.5 Å². The van der Waals surface area contributed by atoms with Crippen LogP contribution in [0.2, 0.25) is 0 Å². The number of carbonyl (C=O) groups excluding carboxylic acids is 2. The van der Waals surface area contributed by atoms with Crippen molar-refractivity contribution in [3.8, 4) is 11.5 Å². The monoisotopic (exact) mass is 382 g/mol. The minimum Gasteiger partial charge on any atom is -0.497 e. The SMILES string of the molecule is COc1ccc(CCC(=O)NCC2CC(=O)N(c3ccc(OC)cc3)C2)cc1. The van der Waals surface area contributed by atoms with Crippen molar-refractivity contribution in [3.05, 3.63) is 54.1 Å². The summed E-state index contributed by atoms with van der Waals surface area (Å²) in [5, 5.41) is 2.97. The zero-order valence-electron chi connectivity index (χ0n) is 16.3. The number of amides is 2. The van der Waals surface area contributed by atoms with Crippen LogP contribution < -0.4 is 19.7 Å². The number of nitrogens with one attached hydrogen (secondary N) is 1. The number of benzene rings is 2. The number of hydrogen-bond donors (Lipinski definition) is 1. The fraction of sp³-hybridized carbons (Fsp3) is 0.364. The predicted molar refractivity (Wildman–Crippen MR) is 108 cm³/mol. The molecule has 1 atom stereocenters. The summed E-state index contributed by atoms with van der Waals surface area (Å²) in [6, 6.07) is 15.2. The molecule has 0 saturated carbocycles. The maximum absolute atomic E-state index is 12.3. The predicted octanol–water partition coefficient (Wildman–Crippen LogP) is 2.81. The second-order valence-corrected chi connectivity index (χ2v) is 6.92. The summed E-state index contributed by atoms with van der Waals surface area (Å²) in [5.74, 6) is 1.78. The second-order valence-electron chi connectivity index (χ2n) is 6.92. The summed E-state index contributed by atoms with van der Waals surface area (Å²) >= 11 is 0. The molecule has 1 aliphatic rings. The Bertz CT molecular complexity index is 802. The highest BCUT2D eigenvalue weighted by Gasteiger charge is 2.30. The van der Waals surface area contributed by atoms with Crippen molar-refractivity contribution in [2.75, 3.05) is 32.2 Å². The molecule has 2 amide bonds. The first-order valence-electron chi connectivity index (χ1n) is 9.43. The van der Waals surface area contributed by atoms with Crippen molar-refractivity contribution in [1.82, 2.24) is 5.32 Å². The number of rotatable bonds is 8. The van der Waals surface area contributed by atoms with E-state index in [1.807, 2.05) is 48.5 Å². The van der Waals surface area contributed by atoms with Crippen molar-refractivity contribution < 1.29 is 19.1 Å². The average molecular weight is 382 g/mol. The molecular weight excluding hydrogens is 356 g/mol. The third-order valence-corrected chi connectivity index (χ3v) is 4.98. The van der Waals surface area contributed by atoms with Gasteiger partial charge in [0, 0.05) is 37.5 Å². The number of carbonyl (C=O) groups is 2. The first-order chi connectivity index (χ1) is 13.6. The minimum absolute atomic E-state index is 0.00571. The van der Waals surface area contributed by atoms with Gasteiger partial charge in [-0.05, 0) is 48.4 Å². The second kappa shape index (κ2) is 9.26. The van der Waals surface area contributed by atoms with Gasteiger partial charge in [0.2, 0.25) is 11.8 Å². The summed E-state index contributed by atoms with van der Waals surface area (Å²) in [5.41, 5.74) is 1.96. The van der Waals surface area contributed by atoms with Crippen LogP contribution in [0.15, 0.2) is 48.5 Å². The normalized spacial score (nSPS) is 16.1. The Labute approximate surface area is 165 Å². The first-order valence-corrected chi connectivity index (χ1v) is 9.43. The molecule has 2 aromatic rings. The molecule has 1 unspecified atom stereocenters. The fourth-order valence-electron chi connectivity index (χ4n) is 3.33. The molecule has 28 heavy (non-hydrogen) atoms. The number of anilines is 1. The van der Waals surface area contributed by atoms with Crippen molar-refractivity contribution in [2.24, 2.45) is 5.92 Å². The van der Waals surface area contributed by atoms with E-state index in [1.54, 1.807) is 19.1 Å². The Morgan fingerprint density at radius 3 is 2.25 bits per heavy atom. The Morgan fingerprint density at radius 2 is 1.64 bits per heavy atom. The van der Waals surface area contributed by atoms with E-state index in [4.69, 9.17) is 9.47 Å². The van der Waals surface area contributed by atoms with Gasteiger partial charge in [0.1, 0.15) is 11.5 Å². The molecule has 6 heteroatoms. The molecule has 1 heterocycles. The maximum Gasteiger partial charge on any atom is 0.227 e. The molecule has 1 fully saturated rings. The summed E-state index contributed by atoms with van der Waals surface area (Å²) in [7, 11) is 3.25. The molecule has 1 aliphatic heterocycles. The first kappa shape index (κ1) is 19.7. The van der Waals surface area contributed by atoms with Crippen molar-refractivity contribution in [2.45, 2.75) is 19.3 Å². The van der Waals surface area contributed by atoms with Gasteiger partial charge < -0.3 is 19.7 Å². The van der Waals surface area contributed by atoms with Crippen LogP contribution in [0, 0.1) is 5.92 Å². The van der Waals surface area contributed by atoms with Crippen LogP contribution in [0.25, 0.3) is 0 Å². The van der Waals surface area contributed by atoms with Crippen LogP contribution >= 0.6 is 0 Å². The fourth-order valence-corrected chi connectivity index (χ4v) is 3.33. The smallest absolute Gasteiger partial charge is 0.227 e. The van der Waals surface area contributed by atoms with E-state index in [9.17, 15) is 9.59 Å². The zero-order chi connectivity index (χ0) is 19.9. The lowest BCUT2D eigenvalue weighted by molar-refractivity contribution is -0.121. The van der Waals surface area contributed by atoms with Crippen molar-refractivity contribution >= 4 is 17.5 Å². The minimum atomic E-state index is 0.00571. The van der Waals surface area contributed by atoms with E-state index in [2.05, 4.69) is 5.32 Å². The van der Waals surface area contributed by atoms with E-state index < -0.39 is 0 Å². The van der Waals surface area contributed by atoms with Gasteiger partial charge in [-0.3, -0.25) is 9.59 Å². The van der Waals surface area contributed by atoms with Crippen molar-refractivity contribution in [1.29, 1.82) is 0 Å². The molecule has 148 valence electrons. The number of nitrogens with zero attached hydrogens (tertiary/aromatic N) is 1. The third-order valence-electron chi connectivity index (χ3n) is 4.98. The van der Waals surface area contributed by atoms with E-state index in [-0.39, 0.29) is 17.7 Å². The average Bonchev–Trinajstić information content (AvgIpc) is 3.11. The number of ether oxygens (including phenoxy) is 2. The Hall–Kier alpha value is -3.02. The van der Waals surface area contributed by atoms with E-state index in [0.29, 0.717) is 32.4 Å². The Balaban J connectivity index is 1.44. The van der Waals surface area contributed by atoms with E-state index >= 15 is 0 Å². The largest absolute Gasteiger partial charge is 0.497 e. The molecule has 1 saturated heterocycles. The molecule has 2 aromatic carbocycles. The van der Waals surface area contributed by atoms with E-state index in [1.165, 1.54) is 0 Å². The van der Waals surface area contributed by atoms with E-state index in [0.717, 1.165) is 22.7 Å². The molecule has 0 spiro atoms. The summed E-state index contributed by atoms with van der Waals surface area (Å²) in [6.45, 7) is 1.13. The molecule has 1 N–H and O–H groups in total. The van der Waals surface area contributed by atoms with Crippen LogP contribution in [-0.2, 0) is 16.0 Å². The highest BCUT2D eigenvalue weighted by Crippen LogP contribution is 2.26. The molecule has 0 aliphatic carbocycles. The van der Waals surface area contributed by atoms with Crippen molar-refractivity contribution in [3.63, 3.8) is 0 Å². The zero-order valence-corrected chi connectivity index (χ0v) is 16.3. The number of aryl methyl sites for hydroxylation is 1.